The number of carbonyl (C=O) groups is 3. The molecule has 28 heavy (non-hydrogen) atoms. The van der Waals surface area contributed by atoms with Gasteiger partial charge in [0.2, 0.25) is 17.7 Å². The van der Waals surface area contributed by atoms with Gasteiger partial charge in [-0.3, -0.25) is 24.2 Å². The molecular weight excluding hydrogens is 358 g/mol. The first-order valence-electron chi connectivity index (χ1n) is 10.5. The average molecular weight is 389 g/mol. The molecule has 0 aromatic carbocycles. The van der Waals surface area contributed by atoms with Gasteiger partial charge < -0.3 is 9.73 Å². The van der Waals surface area contributed by atoms with E-state index in [1.807, 2.05) is 12.1 Å². The van der Waals surface area contributed by atoms with Gasteiger partial charge in [-0.05, 0) is 38.1 Å². The highest BCUT2D eigenvalue weighted by molar-refractivity contribution is 6.05. The molecule has 1 aromatic rings. The van der Waals surface area contributed by atoms with Crippen LogP contribution in [0.1, 0.15) is 57.8 Å². The van der Waals surface area contributed by atoms with Crippen molar-refractivity contribution in [3.05, 3.63) is 24.2 Å². The van der Waals surface area contributed by atoms with Gasteiger partial charge in [-0.2, -0.15) is 0 Å². The summed E-state index contributed by atoms with van der Waals surface area (Å²) in [6, 6.07) is 3.72. The van der Waals surface area contributed by atoms with Crippen molar-refractivity contribution in [1.29, 1.82) is 0 Å². The Hall–Kier alpha value is -2.15. The van der Waals surface area contributed by atoms with Crippen molar-refractivity contribution in [2.24, 2.45) is 11.8 Å². The zero-order valence-electron chi connectivity index (χ0n) is 16.9. The monoisotopic (exact) mass is 389 g/mol. The molecule has 7 heteroatoms. The lowest BCUT2D eigenvalue weighted by Gasteiger charge is -2.28. The molecule has 1 saturated heterocycles. The van der Waals surface area contributed by atoms with Crippen LogP contribution < -0.4 is 5.32 Å². The van der Waals surface area contributed by atoms with Crippen LogP contribution in [0.15, 0.2) is 22.8 Å². The summed E-state index contributed by atoms with van der Waals surface area (Å²) in [6.45, 7) is 6.44. The van der Waals surface area contributed by atoms with E-state index in [1.165, 1.54) is 4.90 Å². The van der Waals surface area contributed by atoms with Gasteiger partial charge in [0.05, 0.1) is 24.1 Å². The summed E-state index contributed by atoms with van der Waals surface area (Å²) < 4.78 is 5.55. The Bertz CT molecular complexity index is 660. The van der Waals surface area contributed by atoms with Gasteiger partial charge >= 0.3 is 0 Å². The van der Waals surface area contributed by atoms with Crippen LogP contribution in [-0.2, 0) is 14.4 Å². The Labute approximate surface area is 166 Å². The van der Waals surface area contributed by atoms with Gasteiger partial charge in [0.25, 0.3) is 0 Å². The zero-order chi connectivity index (χ0) is 20.1. The molecule has 3 amide bonds. The van der Waals surface area contributed by atoms with Crippen LogP contribution in [-0.4, -0.2) is 53.7 Å². The first-order valence-corrected chi connectivity index (χ1v) is 10.5. The lowest BCUT2D eigenvalue weighted by molar-refractivity contribution is -0.140. The molecule has 1 aliphatic carbocycles. The van der Waals surface area contributed by atoms with Gasteiger partial charge in [-0.25, -0.2) is 0 Å². The fraction of sp³-hybridized carbons (Fsp3) is 0.667. The molecule has 2 heterocycles. The van der Waals surface area contributed by atoms with E-state index in [1.54, 1.807) is 6.26 Å². The van der Waals surface area contributed by atoms with Crippen LogP contribution in [0.5, 0.6) is 0 Å². The van der Waals surface area contributed by atoms with E-state index in [0.717, 1.165) is 44.5 Å². The van der Waals surface area contributed by atoms with Crippen LogP contribution in [0.2, 0.25) is 0 Å². The molecule has 1 aromatic heterocycles. The molecule has 3 unspecified atom stereocenters. The van der Waals surface area contributed by atoms with Crippen molar-refractivity contribution in [3.63, 3.8) is 0 Å². The maximum atomic E-state index is 12.5. The second kappa shape index (κ2) is 9.37. The predicted molar refractivity (Wildman–Crippen MR) is 104 cm³/mol. The molecule has 7 nitrogen and oxygen atoms in total. The molecule has 1 saturated carbocycles. The Morgan fingerprint density at radius 1 is 1.21 bits per heavy atom. The third-order valence-corrected chi connectivity index (χ3v) is 6.11. The van der Waals surface area contributed by atoms with E-state index >= 15 is 0 Å². The summed E-state index contributed by atoms with van der Waals surface area (Å²) in [7, 11) is 0. The summed E-state index contributed by atoms with van der Waals surface area (Å²) >= 11 is 0. The number of imide groups is 1. The number of fused-ring (bicyclic) bond motifs is 1. The van der Waals surface area contributed by atoms with E-state index in [2.05, 4.69) is 24.1 Å². The summed E-state index contributed by atoms with van der Waals surface area (Å²) in [4.78, 5) is 40.9. The highest BCUT2D eigenvalue weighted by atomic mass is 16.3. The minimum absolute atomic E-state index is 0.0353. The van der Waals surface area contributed by atoms with Crippen LogP contribution in [0, 0.1) is 11.8 Å². The number of furan rings is 1. The SMILES string of the molecule is CCN(CC)C(CNC(=O)CCN1C(=O)C2CCCCC2C1=O)c1ccco1. The van der Waals surface area contributed by atoms with Crippen molar-refractivity contribution in [1.82, 2.24) is 15.1 Å². The minimum Gasteiger partial charge on any atom is -0.468 e. The fourth-order valence-corrected chi connectivity index (χ4v) is 4.52. The Kier molecular flexibility index (Phi) is 6.88. The molecular formula is C21H31N3O4. The summed E-state index contributed by atoms with van der Waals surface area (Å²) in [5.41, 5.74) is 0. The molecule has 3 atom stereocenters. The third kappa shape index (κ3) is 4.29. The standard InChI is InChI=1S/C21H31N3O4/c1-3-23(4-2)17(18-10-7-13-28-18)14-22-19(25)11-12-24-20(26)15-8-5-6-9-16(15)21(24)27/h7,10,13,15-17H,3-6,8-9,11-12,14H2,1-2H3,(H,22,25). The highest BCUT2D eigenvalue weighted by Crippen LogP contribution is 2.37. The zero-order valence-corrected chi connectivity index (χ0v) is 16.9. The number of nitrogens with one attached hydrogen (secondary N) is 1. The van der Waals surface area contributed by atoms with Gasteiger partial charge in [-0.15, -0.1) is 0 Å². The highest BCUT2D eigenvalue weighted by Gasteiger charge is 2.47. The summed E-state index contributed by atoms with van der Waals surface area (Å²) in [5, 5.41) is 2.95. The number of likely N-dealkylation sites (tertiary alicyclic amines) is 1. The normalized spacial score (nSPS) is 23.2. The fourth-order valence-electron chi connectivity index (χ4n) is 4.52. The first-order chi connectivity index (χ1) is 13.6. The van der Waals surface area contributed by atoms with E-state index in [9.17, 15) is 14.4 Å². The van der Waals surface area contributed by atoms with E-state index in [0.29, 0.717) is 6.54 Å². The van der Waals surface area contributed by atoms with Crippen LogP contribution in [0.25, 0.3) is 0 Å². The number of likely N-dealkylation sites (N-methyl/N-ethyl adjacent to an activating group) is 1. The Balaban J connectivity index is 1.52. The second-order valence-electron chi connectivity index (χ2n) is 7.63. The smallest absolute Gasteiger partial charge is 0.233 e. The van der Waals surface area contributed by atoms with Crippen LogP contribution in [0.3, 0.4) is 0 Å². The predicted octanol–water partition coefficient (Wildman–Crippen LogP) is 2.34. The summed E-state index contributed by atoms with van der Waals surface area (Å²) in [6.07, 6.45) is 5.39. The molecule has 0 bridgehead atoms. The van der Waals surface area contributed by atoms with Crippen molar-refractivity contribution in [3.8, 4) is 0 Å². The van der Waals surface area contributed by atoms with Crippen molar-refractivity contribution < 1.29 is 18.8 Å². The Morgan fingerprint density at radius 2 is 1.86 bits per heavy atom. The first kappa shape index (κ1) is 20.6. The van der Waals surface area contributed by atoms with Crippen LogP contribution in [0.4, 0.5) is 0 Å². The number of nitrogens with zero attached hydrogens (tertiary/aromatic N) is 2. The van der Waals surface area contributed by atoms with Crippen molar-refractivity contribution in [2.75, 3.05) is 26.2 Å². The minimum atomic E-state index is -0.157. The largest absolute Gasteiger partial charge is 0.468 e. The topological polar surface area (TPSA) is 82.9 Å². The third-order valence-electron chi connectivity index (χ3n) is 6.11. The molecule has 0 spiro atoms. The van der Waals surface area contributed by atoms with Crippen molar-refractivity contribution in [2.45, 2.75) is 52.0 Å². The van der Waals surface area contributed by atoms with Crippen molar-refractivity contribution >= 4 is 17.7 Å². The number of amides is 3. The van der Waals surface area contributed by atoms with Gasteiger partial charge in [0.1, 0.15) is 5.76 Å². The average Bonchev–Trinajstić information content (AvgIpc) is 3.32. The van der Waals surface area contributed by atoms with Gasteiger partial charge in [-0.1, -0.05) is 26.7 Å². The number of rotatable bonds is 9. The lowest BCUT2D eigenvalue weighted by Crippen LogP contribution is -2.39. The van der Waals surface area contributed by atoms with E-state index in [4.69, 9.17) is 4.42 Å². The van der Waals surface area contributed by atoms with E-state index in [-0.39, 0.29) is 48.6 Å². The van der Waals surface area contributed by atoms with Crippen LogP contribution >= 0.6 is 0 Å². The lowest BCUT2D eigenvalue weighted by atomic mass is 9.81. The maximum Gasteiger partial charge on any atom is 0.233 e. The molecule has 1 aliphatic heterocycles. The van der Waals surface area contributed by atoms with E-state index < -0.39 is 0 Å². The molecule has 0 radical (unpaired) electrons. The number of carbonyl (C=O) groups excluding carboxylic acids is 3. The van der Waals surface area contributed by atoms with Gasteiger partial charge in [0, 0.05) is 19.5 Å². The molecule has 2 fully saturated rings. The quantitative estimate of drug-likeness (QED) is 0.656. The molecule has 3 rings (SSSR count). The Morgan fingerprint density at radius 3 is 2.39 bits per heavy atom. The van der Waals surface area contributed by atoms with Gasteiger partial charge in [0.15, 0.2) is 0 Å². The molecule has 1 N–H and O–H groups in total. The molecule has 154 valence electrons. The number of hydrogen-bond acceptors (Lipinski definition) is 5. The summed E-state index contributed by atoms with van der Waals surface area (Å²) in [5.74, 6) is 0.181. The molecule has 2 aliphatic rings. The second-order valence-corrected chi connectivity index (χ2v) is 7.63. The number of hydrogen-bond donors (Lipinski definition) is 1. The maximum absolute atomic E-state index is 12.5.